The van der Waals surface area contributed by atoms with E-state index in [-0.39, 0.29) is 41.8 Å². The van der Waals surface area contributed by atoms with Crippen molar-refractivity contribution in [2.24, 2.45) is 0 Å². The van der Waals surface area contributed by atoms with Crippen LogP contribution in [0.4, 0.5) is 4.39 Å². The molecule has 0 spiro atoms. The van der Waals surface area contributed by atoms with Crippen molar-refractivity contribution in [2.75, 3.05) is 0 Å². The zero-order chi connectivity index (χ0) is 20.1. The van der Waals surface area contributed by atoms with Crippen molar-refractivity contribution < 1.29 is 54.1 Å². The fourth-order valence-electron chi connectivity index (χ4n) is 3.54. The van der Waals surface area contributed by atoms with Gasteiger partial charge in [0.15, 0.2) is 0 Å². The van der Waals surface area contributed by atoms with Crippen molar-refractivity contribution in [1.29, 1.82) is 0 Å². The van der Waals surface area contributed by atoms with Crippen LogP contribution in [0.15, 0.2) is 30.3 Å². The molecule has 2 atom stereocenters. The molecule has 3 rings (SSSR count). The second-order valence-electron chi connectivity index (χ2n) is 7.15. The number of carbonyl (C=O) groups excluding carboxylic acids is 1. The van der Waals surface area contributed by atoms with Crippen LogP contribution in [0, 0.1) is 5.82 Å². The first-order valence-electron chi connectivity index (χ1n) is 9.55. The molecule has 1 aliphatic rings. The predicted molar refractivity (Wildman–Crippen MR) is 100 cm³/mol. The number of aliphatic hydroxyl groups excluding tert-OH is 2. The Kier molecular flexibility index (Phi) is 9.04. The van der Waals surface area contributed by atoms with E-state index in [0.717, 1.165) is 54.7 Å². The smallest absolute Gasteiger partial charge is 0.550 e. The maximum atomic E-state index is 13.3. The molecule has 0 radical (unpaired) electrons. The number of carbonyl (C=O) groups is 1. The minimum absolute atomic E-state index is 0. The first kappa shape index (κ1) is 23.8. The first-order chi connectivity index (χ1) is 13.4. The number of halogens is 1. The summed E-state index contributed by atoms with van der Waals surface area (Å²) in [4.78, 5) is 10.5. The quantitative estimate of drug-likeness (QED) is 0.430. The summed E-state index contributed by atoms with van der Waals surface area (Å²) >= 11 is 0. The number of hydrogen-bond donors (Lipinski definition) is 2. The molecule has 6 nitrogen and oxygen atoms in total. The third kappa shape index (κ3) is 6.49. The molecule has 0 amide bonds. The second kappa shape index (κ2) is 11.0. The van der Waals surface area contributed by atoms with E-state index in [2.05, 4.69) is 0 Å². The average molecular weight is 410 g/mol. The number of carboxylic acids is 1. The number of rotatable bonds is 7. The molecule has 1 aliphatic carbocycles. The molecule has 150 valence electrons. The van der Waals surface area contributed by atoms with Gasteiger partial charge >= 0.3 is 29.6 Å². The van der Waals surface area contributed by atoms with Gasteiger partial charge in [-0.2, -0.15) is 5.10 Å². The molecule has 1 aromatic heterocycles. The summed E-state index contributed by atoms with van der Waals surface area (Å²) in [5.74, 6) is -1.68. The van der Waals surface area contributed by atoms with Gasteiger partial charge in [0, 0.05) is 24.4 Å². The molecule has 0 aliphatic heterocycles. The van der Waals surface area contributed by atoms with E-state index in [1.165, 1.54) is 18.2 Å². The van der Waals surface area contributed by atoms with Crippen LogP contribution in [-0.2, 0) is 17.6 Å². The number of benzene rings is 1. The van der Waals surface area contributed by atoms with Crippen LogP contribution >= 0.6 is 0 Å². The van der Waals surface area contributed by atoms with E-state index in [1.54, 1.807) is 22.9 Å². The van der Waals surface area contributed by atoms with Gasteiger partial charge in [0.05, 0.1) is 29.3 Å². The summed E-state index contributed by atoms with van der Waals surface area (Å²) in [6, 6.07) is 6.06. The van der Waals surface area contributed by atoms with Gasteiger partial charge in [-0.1, -0.05) is 12.5 Å². The Morgan fingerprint density at radius 2 is 1.90 bits per heavy atom. The Balaban J connectivity index is 0.00000300. The number of aliphatic carboxylic acids is 1. The van der Waals surface area contributed by atoms with Gasteiger partial charge < -0.3 is 20.1 Å². The van der Waals surface area contributed by atoms with Gasteiger partial charge in [-0.05, 0) is 56.0 Å². The van der Waals surface area contributed by atoms with Crippen molar-refractivity contribution in [3.63, 3.8) is 0 Å². The molecular formula is C21H24FN2NaO4. The molecule has 29 heavy (non-hydrogen) atoms. The van der Waals surface area contributed by atoms with Crippen molar-refractivity contribution in [1.82, 2.24) is 9.78 Å². The SMILES string of the molecule is O=C([O-])C[C@H](O)C[C@H](O)/C=C/c1c2c(nn1-c1ccc(F)cc1)CCCCC2.[Na+]. The Bertz CT molecular complexity index is 851. The summed E-state index contributed by atoms with van der Waals surface area (Å²) in [7, 11) is 0. The van der Waals surface area contributed by atoms with Crippen LogP contribution < -0.4 is 34.7 Å². The zero-order valence-electron chi connectivity index (χ0n) is 16.6. The van der Waals surface area contributed by atoms with Crippen LogP contribution in [0.3, 0.4) is 0 Å². The van der Waals surface area contributed by atoms with Crippen LogP contribution in [0.5, 0.6) is 0 Å². The van der Waals surface area contributed by atoms with Crippen molar-refractivity contribution in [3.05, 3.63) is 53.1 Å². The number of nitrogens with zero attached hydrogens (tertiary/aromatic N) is 2. The van der Waals surface area contributed by atoms with Crippen molar-refractivity contribution in [3.8, 4) is 5.69 Å². The van der Waals surface area contributed by atoms with E-state index < -0.39 is 24.6 Å². The molecule has 2 N–H and O–H groups in total. The standard InChI is InChI=1S/C21H25FN2O4.Na/c22-14-6-8-15(9-7-14)24-20(18-4-2-1-3-5-19(18)23-24)11-10-16(25)12-17(26)13-21(27)28;/h6-11,16-17,25-26H,1-5,12-13H2,(H,27,28);/q;+1/p-1/b11-10+;/t16-,17-;/m1./s1. The Labute approximate surface area is 191 Å². The molecule has 0 fully saturated rings. The first-order valence-corrected chi connectivity index (χ1v) is 9.55. The fourth-order valence-corrected chi connectivity index (χ4v) is 3.54. The molecule has 0 saturated carbocycles. The topological polar surface area (TPSA) is 98.4 Å². The predicted octanol–water partition coefficient (Wildman–Crippen LogP) is -1.45. The molecule has 0 saturated heterocycles. The average Bonchev–Trinajstić information content (AvgIpc) is 2.81. The van der Waals surface area contributed by atoms with Crippen LogP contribution in [-0.4, -0.2) is 38.2 Å². The molecule has 0 bridgehead atoms. The number of fused-ring (bicyclic) bond motifs is 1. The number of aromatic nitrogens is 2. The van der Waals surface area contributed by atoms with Crippen molar-refractivity contribution in [2.45, 2.75) is 57.2 Å². The maximum absolute atomic E-state index is 13.3. The van der Waals surface area contributed by atoms with E-state index >= 15 is 0 Å². The van der Waals surface area contributed by atoms with Gasteiger partial charge in [-0.15, -0.1) is 0 Å². The summed E-state index contributed by atoms with van der Waals surface area (Å²) in [6.45, 7) is 0. The van der Waals surface area contributed by atoms with Gasteiger partial charge in [-0.3, -0.25) is 0 Å². The summed E-state index contributed by atoms with van der Waals surface area (Å²) in [5.41, 5.74) is 3.66. The van der Waals surface area contributed by atoms with E-state index in [4.69, 9.17) is 5.10 Å². The number of aryl methyl sites for hydroxylation is 1. The van der Waals surface area contributed by atoms with Gasteiger partial charge in [0.1, 0.15) is 5.82 Å². The van der Waals surface area contributed by atoms with Crippen molar-refractivity contribution >= 4 is 12.0 Å². The normalized spacial score (nSPS) is 16.0. The zero-order valence-corrected chi connectivity index (χ0v) is 18.6. The molecule has 2 aromatic rings. The molecular weight excluding hydrogens is 386 g/mol. The minimum Gasteiger partial charge on any atom is -0.550 e. The van der Waals surface area contributed by atoms with Crippen LogP contribution in [0.2, 0.25) is 0 Å². The van der Waals surface area contributed by atoms with Crippen LogP contribution in [0.1, 0.15) is 49.1 Å². The third-order valence-corrected chi connectivity index (χ3v) is 4.91. The van der Waals surface area contributed by atoms with E-state index in [0.29, 0.717) is 0 Å². The summed E-state index contributed by atoms with van der Waals surface area (Å²) in [5, 5.41) is 35.1. The van der Waals surface area contributed by atoms with Gasteiger partial charge in [-0.25, -0.2) is 9.07 Å². The molecule has 1 heterocycles. The number of hydrogen-bond acceptors (Lipinski definition) is 5. The Hall–Kier alpha value is -1.51. The maximum Gasteiger partial charge on any atom is 1.00 e. The van der Waals surface area contributed by atoms with E-state index in [9.17, 15) is 24.5 Å². The van der Waals surface area contributed by atoms with E-state index in [1.807, 2.05) is 0 Å². The molecule has 1 aromatic carbocycles. The number of carboxylic acid groups (broad SMARTS) is 1. The second-order valence-corrected chi connectivity index (χ2v) is 7.15. The largest absolute Gasteiger partial charge is 1.00 e. The monoisotopic (exact) mass is 410 g/mol. The summed E-state index contributed by atoms with van der Waals surface area (Å²) < 4.78 is 15.0. The Morgan fingerprint density at radius 3 is 2.59 bits per heavy atom. The molecule has 8 heteroatoms. The number of aliphatic hydroxyl groups is 2. The van der Waals surface area contributed by atoms with Crippen LogP contribution in [0.25, 0.3) is 11.8 Å². The minimum atomic E-state index is -1.36. The third-order valence-electron chi connectivity index (χ3n) is 4.91. The molecule has 0 unspecified atom stereocenters. The fraction of sp³-hybridized carbons (Fsp3) is 0.429. The Morgan fingerprint density at radius 1 is 1.21 bits per heavy atom. The van der Waals surface area contributed by atoms with Gasteiger partial charge in [0.2, 0.25) is 0 Å². The summed E-state index contributed by atoms with van der Waals surface area (Å²) in [6.07, 6.45) is 5.47. The van der Waals surface area contributed by atoms with Gasteiger partial charge in [0.25, 0.3) is 0 Å².